The molecule has 0 bridgehead atoms. The van der Waals surface area contributed by atoms with E-state index >= 15 is 0 Å². The van der Waals surface area contributed by atoms with Gasteiger partial charge in [-0.25, -0.2) is 9.97 Å². The largest absolute Gasteiger partial charge is 0.246 e. The molecule has 0 amide bonds. The third-order valence-corrected chi connectivity index (χ3v) is 4.07. The van der Waals surface area contributed by atoms with Gasteiger partial charge in [0.25, 0.3) is 0 Å². The molecule has 0 aliphatic rings. The Labute approximate surface area is 92.8 Å². The number of rotatable bonds is 1. The van der Waals surface area contributed by atoms with Crippen LogP contribution in [0.25, 0.3) is 10.6 Å². The molecular weight excluding hydrogens is 268 g/mol. The Balaban J connectivity index is 2.51. The van der Waals surface area contributed by atoms with Crippen molar-refractivity contribution in [1.82, 2.24) is 9.97 Å². The van der Waals surface area contributed by atoms with Gasteiger partial charge in [0.15, 0.2) is 3.92 Å². The molecule has 2 heterocycles. The Morgan fingerprint density at radius 1 is 1.31 bits per heavy atom. The number of nitrogens with zero attached hydrogens (tertiary/aromatic N) is 2. The number of halogens is 1. The zero-order valence-electron chi connectivity index (χ0n) is 7.17. The van der Waals surface area contributed by atoms with Crippen LogP contribution in [0.5, 0.6) is 0 Å². The fourth-order valence-corrected chi connectivity index (χ4v) is 3.08. The highest BCUT2D eigenvalue weighted by Crippen LogP contribution is 2.31. The highest BCUT2D eigenvalue weighted by molar-refractivity contribution is 9.11. The monoisotopic (exact) mass is 274 g/mol. The zero-order valence-corrected chi connectivity index (χ0v) is 10.4. The van der Waals surface area contributed by atoms with Gasteiger partial charge in [0.2, 0.25) is 0 Å². The van der Waals surface area contributed by atoms with E-state index in [-0.39, 0.29) is 0 Å². The van der Waals surface area contributed by atoms with E-state index < -0.39 is 0 Å². The highest BCUT2D eigenvalue weighted by Gasteiger charge is 2.09. The summed E-state index contributed by atoms with van der Waals surface area (Å²) in [6.45, 7) is 4.04. The molecule has 0 fully saturated rings. The van der Waals surface area contributed by atoms with Crippen LogP contribution < -0.4 is 0 Å². The van der Waals surface area contributed by atoms with Crippen LogP contribution >= 0.6 is 38.6 Å². The predicted octanol–water partition coefficient (Wildman–Crippen LogP) is 3.65. The average Bonchev–Trinajstić information content (AvgIpc) is 2.58. The molecule has 68 valence electrons. The number of hydrogen-bond acceptors (Lipinski definition) is 4. The quantitative estimate of drug-likeness (QED) is 0.794. The standard InChI is InChI=1S/C8H7BrN2S2/c1-4-7(13-5(2)10-4)6-3-12-8(9)11-6/h3H,1-2H3. The van der Waals surface area contributed by atoms with E-state index in [1.54, 1.807) is 22.7 Å². The van der Waals surface area contributed by atoms with E-state index in [0.717, 1.165) is 20.3 Å². The van der Waals surface area contributed by atoms with Gasteiger partial charge in [-0.1, -0.05) is 0 Å². The van der Waals surface area contributed by atoms with Gasteiger partial charge in [0.1, 0.15) is 0 Å². The second-order valence-corrected chi connectivity index (χ2v) is 5.97. The molecule has 0 atom stereocenters. The number of aromatic nitrogens is 2. The van der Waals surface area contributed by atoms with Crippen molar-refractivity contribution in [2.75, 3.05) is 0 Å². The van der Waals surface area contributed by atoms with E-state index in [1.165, 1.54) is 4.88 Å². The molecule has 0 spiro atoms. The first-order valence-corrected chi connectivity index (χ1v) is 6.21. The summed E-state index contributed by atoms with van der Waals surface area (Å²) in [4.78, 5) is 9.91. The topological polar surface area (TPSA) is 25.8 Å². The normalized spacial score (nSPS) is 10.7. The van der Waals surface area contributed by atoms with E-state index in [4.69, 9.17) is 0 Å². The fraction of sp³-hybridized carbons (Fsp3) is 0.250. The van der Waals surface area contributed by atoms with Crippen molar-refractivity contribution in [1.29, 1.82) is 0 Å². The van der Waals surface area contributed by atoms with Crippen LogP contribution in [-0.2, 0) is 0 Å². The SMILES string of the molecule is Cc1nc(C)c(-c2csc(Br)n2)s1. The molecule has 0 N–H and O–H groups in total. The third kappa shape index (κ3) is 1.82. The molecule has 2 rings (SSSR count). The van der Waals surface area contributed by atoms with E-state index in [0.29, 0.717) is 0 Å². The molecule has 2 nitrogen and oxygen atoms in total. The molecule has 2 aromatic rings. The first kappa shape index (κ1) is 9.30. The van der Waals surface area contributed by atoms with Crippen molar-refractivity contribution in [3.05, 3.63) is 20.0 Å². The Morgan fingerprint density at radius 2 is 2.08 bits per heavy atom. The van der Waals surface area contributed by atoms with Crippen molar-refractivity contribution in [3.8, 4) is 10.6 Å². The van der Waals surface area contributed by atoms with Crippen molar-refractivity contribution in [3.63, 3.8) is 0 Å². The number of hydrogen-bond donors (Lipinski definition) is 0. The second-order valence-electron chi connectivity index (χ2n) is 2.63. The maximum absolute atomic E-state index is 4.36. The summed E-state index contributed by atoms with van der Waals surface area (Å²) >= 11 is 6.65. The zero-order chi connectivity index (χ0) is 9.42. The summed E-state index contributed by atoms with van der Waals surface area (Å²) < 4.78 is 0.924. The molecule has 2 aromatic heterocycles. The van der Waals surface area contributed by atoms with Gasteiger partial charge in [-0.05, 0) is 29.8 Å². The van der Waals surface area contributed by atoms with E-state index in [1.807, 2.05) is 19.2 Å². The van der Waals surface area contributed by atoms with Crippen molar-refractivity contribution in [2.24, 2.45) is 0 Å². The average molecular weight is 275 g/mol. The Hall–Kier alpha value is -0.260. The van der Waals surface area contributed by atoms with Gasteiger partial charge in [0.05, 0.1) is 21.3 Å². The van der Waals surface area contributed by atoms with Crippen LogP contribution in [0.3, 0.4) is 0 Å². The minimum atomic E-state index is 0.924. The predicted molar refractivity (Wildman–Crippen MR) is 60.4 cm³/mol. The Bertz CT molecular complexity index is 433. The molecule has 0 aliphatic heterocycles. The lowest BCUT2D eigenvalue weighted by molar-refractivity contribution is 1.20. The number of thiazole rings is 2. The first-order valence-electron chi connectivity index (χ1n) is 3.72. The molecule has 0 aliphatic carbocycles. The maximum Gasteiger partial charge on any atom is 0.159 e. The fourth-order valence-electron chi connectivity index (χ4n) is 1.13. The summed E-state index contributed by atoms with van der Waals surface area (Å²) in [7, 11) is 0. The van der Waals surface area contributed by atoms with Gasteiger partial charge in [0, 0.05) is 5.38 Å². The van der Waals surface area contributed by atoms with Crippen LogP contribution in [-0.4, -0.2) is 9.97 Å². The molecule has 13 heavy (non-hydrogen) atoms. The molecule has 0 saturated heterocycles. The second kappa shape index (κ2) is 3.48. The molecule has 0 unspecified atom stereocenters. The minimum Gasteiger partial charge on any atom is -0.246 e. The number of aryl methyl sites for hydroxylation is 2. The van der Waals surface area contributed by atoms with Gasteiger partial charge in [-0.2, -0.15) is 0 Å². The van der Waals surface area contributed by atoms with Crippen molar-refractivity contribution in [2.45, 2.75) is 13.8 Å². The summed E-state index contributed by atoms with van der Waals surface area (Å²) in [5.74, 6) is 0. The summed E-state index contributed by atoms with van der Waals surface area (Å²) in [6, 6.07) is 0. The molecular formula is C8H7BrN2S2. The van der Waals surface area contributed by atoms with Crippen LogP contribution in [0, 0.1) is 13.8 Å². The van der Waals surface area contributed by atoms with E-state index in [2.05, 4.69) is 25.9 Å². The van der Waals surface area contributed by atoms with Crippen LogP contribution in [0.15, 0.2) is 9.30 Å². The van der Waals surface area contributed by atoms with E-state index in [9.17, 15) is 0 Å². The van der Waals surface area contributed by atoms with Crippen molar-refractivity contribution >= 4 is 38.6 Å². The maximum atomic E-state index is 4.36. The molecule has 0 aromatic carbocycles. The van der Waals surface area contributed by atoms with Crippen LogP contribution in [0.4, 0.5) is 0 Å². The molecule has 0 radical (unpaired) electrons. The molecule has 0 saturated carbocycles. The smallest absolute Gasteiger partial charge is 0.159 e. The van der Waals surface area contributed by atoms with Gasteiger partial charge >= 0.3 is 0 Å². The lowest BCUT2D eigenvalue weighted by Crippen LogP contribution is -1.76. The van der Waals surface area contributed by atoms with Crippen molar-refractivity contribution < 1.29 is 0 Å². The molecule has 5 heteroatoms. The summed E-state index contributed by atoms with van der Waals surface area (Å²) in [5, 5.41) is 3.14. The van der Waals surface area contributed by atoms with Crippen LogP contribution in [0.1, 0.15) is 10.7 Å². The summed E-state index contributed by atoms with van der Waals surface area (Å²) in [6.07, 6.45) is 0. The minimum absolute atomic E-state index is 0.924. The van der Waals surface area contributed by atoms with Gasteiger partial charge < -0.3 is 0 Å². The van der Waals surface area contributed by atoms with Gasteiger partial charge in [-0.15, -0.1) is 22.7 Å². The lowest BCUT2D eigenvalue weighted by Gasteiger charge is -1.89. The lowest BCUT2D eigenvalue weighted by atomic mass is 10.3. The van der Waals surface area contributed by atoms with Crippen LogP contribution in [0.2, 0.25) is 0 Å². The van der Waals surface area contributed by atoms with Gasteiger partial charge in [-0.3, -0.25) is 0 Å². The Morgan fingerprint density at radius 3 is 2.54 bits per heavy atom. The highest BCUT2D eigenvalue weighted by atomic mass is 79.9. The Kier molecular flexibility index (Phi) is 2.49. The third-order valence-electron chi connectivity index (χ3n) is 1.61. The first-order chi connectivity index (χ1) is 6.16. The summed E-state index contributed by atoms with van der Waals surface area (Å²) in [5.41, 5.74) is 2.10.